The van der Waals surface area contributed by atoms with Crippen LogP contribution < -0.4 is 5.32 Å². The Bertz CT molecular complexity index is 1410. The fourth-order valence-corrected chi connectivity index (χ4v) is 5.14. The zero-order valence-corrected chi connectivity index (χ0v) is 21.6. The Morgan fingerprint density at radius 2 is 1.62 bits per heavy atom. The fraction of sp³-hybridized carbons (Fsp3) is 0.258. The van der Waals surface area contributed by atoms with Gasteiger partial charge < -0.3 is 19.7 Å². The molecule has 2 amide bonds. The van der Waals surface area contributed by atoms with Crippen molar-refractivity contribution in [3.8, 4) is 11.4 Å². The van der Waals surface area contributed by atoms with Crippen molar-refractivity contribution in [3.63, 3.8) is 0 Å². The number of rotatable bonds is 7. The number of benzene rings is 2. The Morgan fingerprint density at radius 3 is 2.33 bits per heavy atom. The first-order valence-corrected chi connectivity index (χ1v) is 13.3. The van der Waals surface area contributed by atoms with Crippen LogP contribution in [0.3, 0.4) is 0 Å². The zero-order chi connectivity index (χ0) is 26.4. The van der Waals surface area contributed by atoms with Gasteiger partial charge in [-0.2, -0.15) is 0 Å². The highest BCUT2D eigenvalue weighted by molar-refractivity contribution is 5.74. The number of imidazole rings is 1. The molecule has 39 heavy (non-hydrogen) atoms. The highest BCUT2D eigenvalue weighted by Gasteiger charge is 2.33. The van der Waals surface area contributed by atoms with Crippen LogP contribution in [0.25, 0.3) is 11.4 Å². The summed E-state index contributed by atoms with van der Waals surface area (Å²) in [6.07, 6.45) is 6.90. The molecular weight excluding hydrogens is 490 g/mol. The number of ether oxygens (including phenoxy) is 2. The molecule has 0 spiro atoms. The average molecular weight is 522 g/mol. The molecule has 2 aromatic carbocycles. The van der Waals surface area contributed by atoms with Gasteiger partial charge in [-0.3, -0.25) is 9.55 Å². The second-order valence-corrected chi connectivity index (χ2v) is 9.80. The van der Waals surface area contributed by atoms with E-state index in [2.05, 4.69) is 22.4 Å². The number of amides is 2. The molecule has 4 aromatic rings. The predicted octanol–water partition coefficient (Wildman–Crippen LogP) is 5.62. The van der Waals surface area contributed by atoms with Gasteiger partial charge in [0.05, 0.1) is 17.6 Å². The van der Waals surface area contributed by atoms with Crippen LogP contribution in [-0.4, -0.2) is 38.6 Å². The van der Waals surface area contributed by atoms with Gasteiger partial charge in [-0.1, -0.05) is 66.7 Å². The first-order valence-electron chi connectivity index (χ1n) is 13.3. The standard InChI is InChI=1S/C31H31N5O3/c37-30(34-20-24-11-5-2-6-12-24)35-17-14-25(15-18-35)29-33-21-28(27-13-7-8-16-32-27)36(29)31-38-22-26(39-31)19-23-9-3-1-4-10-23/h1-13,16,21-22,25,31H,14-15,17-20H2,(H,34,37). The number of carbonyl (C=O) groups excluding carboxylic acids is 1. The van der Waals surface area contributed by atoms with Crippen molar-refractivity contribution in [2.75, 3.05) is 13.1 Å². The second-order valence-electron chi connectivity index (χ2n) is 9.80. The molecule has 0 bridgehead atoms. The Hall–Kier alpha value is -4.59. The van der Waals surface area contributed by atoms with E-state index in [9.17, 15) is 4.79 Å². The summed E-state index contributed by atoms with van der Waals surface area (Å²) >= 11 is 0. The topological polar surface area (TPSA) is 81.5 Å². The third kappa shape index (κ3) is 5.65. The lowest BCUT2D eigenvalue weighted by Crippen LogP contribution is -2.44. The lowest BCUT2D eigenvalue weighted by atomic mass is 9.96. The number of nitrogens with one attached hydrogen (secondary N) is 1. The highest BCUT2D eigenvalue weighted by Crippen LogP contribution is 2.36. The number of allylic oxidation sites excluding steroid dienone is 1. The average Bonchev–Trinajstić information content (AvgIpc) is 3.65. The second kappa shape index (κ2) is 11.4. The lowest BCUT2D eigenvalue weighted by Gasteiger charge is -2.32. The minimum absolute atomic E-state index is 0.0352. The van der Waals surface area contributed by atoms with Crippen LogP contribution in [0.4, 0.5) is 4.79 Å². The number of pyridine rings is 1. The van der Waals surface area contributed by atoms with E-state index in [1.54, 1.807) is 12.5 Å². The number of hydrogen-bond donors (Lipinski definition) is 1. The number of piperidine rings is 1. The van der Waals surface area contributed by atoms with Crippen LogP contribution in [0.2, 0.25) is 0 Å². The summed E-state index contributed by atoms with van der Waals surface area (Å²) < 4.78 is 14.4. The van der Waals surface area contributed by atoms with E-state index in [0.717, 1.165) is 46.9 Å². The molecule has 8 heteroatoms. The molecule has 8 nitrogen and oxygen atoms in total. The summed E-state index contributed by atoms with van der Waals surface area (Å²) in [7, 11) is 0. The lowest BCUT2D eigenvalue weighted by molar-refractivity contribution is -0.0936. The van der Waals surface area contributed by atoms with Crippen molar-refractivity contribution < 1.29 is 14.3 Å². The smallest absolute Gasteiger partial charge is 0.332 e. The van der Waals surface area contributed by atoms with Crippen molar-refractivity contribution in [1.82, 2.24) is 24.8 Å². The molecule has 1 N–H and O–H groups in total. The molecule has 2 aliphatic heterocycles. The summed E-state index contributed by atoms with van der Waals surface area (Å²) in [6.45, 7) is 1.83. The molecule has 1 atom stereocenters. The summed E-state index contributed by atoms with van der Waals surface area (Å²) in [4.78, 5) is 24.1. The minimum Gasteiger partial charge on any atom is -0.441 e. The van der Waals surface area contributed by atoms with Gasteiger partial charge >= 0.3 is 12.4 Å². The molecule has 0 radical (unpaired) electrons. The van der Waals surface area contributed by atoms with Gasteiger partial charge in [-0.25, -0.2) is 9.78 Å². The van der Waals surface area contributed by atoms with E-state index in [0.29, 0.717) is 26.1 Å². The first kappa shape index (κ1) is 24.7. The van der Waals surface area contributed by atoms with E-state index >= 15 is 0 Å². The minimum atomic E-state index is -0.662. The molecular formula is C31H31N5O3. The summed E-state index contributed by atoms with van der Waals surface area (Å²) in [6, 6.07) is 25.9. The molecule has 4 heterocycles. The number of urea groups is 1. The van der Waals surface area contributed by atoms with Gasteiger partial charge in [0.1, 0.15) is 17.8 Å². The number of hydrogen-bond acceptors (Lipinski definition) is 5. The summed E-state index contributed by atoms with van der Waals surface area (Å²) in [5.74, 6) is 1.81. The monoisotopic (exact) mass is 521 g/mol. The van der Waals surface area contributed by atoms with Gasteiger partial charge in [-0.05, 0) is 36.1 Å². The Morgan fingerprint density at radius 1 is 0.897 bits per heavy atom. The normalized spacial score (nSPS) is 17.3. The van der Waals surface area contributed by atoms with Crippen molar-refractivity contribution in [2.45, 2.75) is 38.1 Å². The van der Waals surface area contributed by atoms with Crippen LogP contribution in [-0.2, 0) is 22.4 Å². The Labute approximate surface area is 227 Å². The van der Waals surface area contributed by atoms with Gasteiger partial charge in [0.2, 0.25) is 0 Å². The Balaban J connectivity index is 1.16. The molecule has 1 unspecified atom stereocenters. The van der Waals surface area contributed by atoms with Gasteiger partial charge in [0.25, 0.3) is 0 Å². The van der Waals surface area contributed by atoms with Crippen LogP contribution in [0.1, 0.15) is 42.1 Å². The van der Waals surface area contributed by atoms with Crippen molar-refractivity contribution in [2.24, 2.45) is 0 Å². The third-order valence-corrected chi connectivity index (χ3v) is 7.19. The zero-order valence-electron chi connectivity index (χ0n) is 21.6. The summed E-state index contributed by atoms with van der Waals surface area (Å²) in [5, 5.41) is 3.04. The van der Waals surface area contributed by atoms with Crippen LogP contribution in [0.5, 0.6) is 0 Å². The maximum atomic E-state index is 12.8. The SMILES string of the molecule is O=C(NCc1ccccc1)N1CCC(c2ncc(-c3ccccn3)n2C2OC=C(Cc3ccccc3)O2)CC1. The largest absolute Gasteiger partial charge is 0.441 e. The summed E-state index contributed by atoms with van der Waals surface area (Å²) in [5.41, 5.74) is 3.88. The van der Waals surface area contributed by atoms with Crippen molar-refractivity contribution >= 4 is 6.03 Å². The first-order chi connectivity index (χ1) is 19.2. The molecule has 2 aromatic heterocycles. The van der Waals surface area contributed by atoms with E-state index in [4.69, 9.17) is 14.5 Å². The van der Waals surface area contributed by atoms with Gasteiger partial charge in [-0.15, -0.1) is 0 Å². The maximum absolute atomic E-state index is 12.8. The van der Waals surface area contributed by atoms with Gasteiger partial charge in [0, 0.05) is 38.2 Å². The van der Waals surface area contributed by atoms with Gasteiger partial charge in [0.15, 0.2) is 0 Å². The number of aromatic nitrogens is 3. The van der Waals surface area contributed by atoms with E-state index in [-0.39, 0.29) is 11.9 Å². The highest BCUT2D eigenvalue weighted by atomic mass is 16.7. The Kier molecular flexibility index (Phi) is 7.25. The van der Waals surface area contributed by atoms with Crippen molar-refractivity contribution in [3.05, 3.63) is 120 Å². The fourth-order valence-electron chi connectivity index (χ4n) is 5.14. The van der Waals surface area contributed by atoms with E-state index in [1.807, 2.05) is 82.4 Å². The van der Waals surface area contributed by atoms with Crippen LogP contribution in [0, 0.1) is 0 Å². The molecule has 2 aliphatic rings. The van der Waals surface area contributed by atoms with E-state index < -0.39 is 6.41 Å². The van der Waals surface area contributed by atoms with Crippen LogP contribution >= 0.6 is 0 Å². The number of likely N-dealkylation sites (tertiary alicyclic amines) is 1. The third-order valence-electron chi connectivity index (χ3n) is 7.19. The van der Waals surface area contributed by atoms with E-state index in [1.165, 1.54) is 0 Å². The predicted molar refractivity (Wildman–Crippen MR) is 147 cm³/mol. The molecule has 1 saturated heterocycles. The number of nitrogens with zero attached hydrogens (tertiary/aromatic N) is 4. The quantitative estimate of drug-likeness (QED) is 0.341. The molecule has 0 aliphatic carbocycles. The molecule has 198 valence electrons. The maximum Gasteiger partial charge on any atom is 0.332 e. The molecule has 0 saturated carbocycles. The van der Waals surface area contributed by atoms with Crippen molar-refractivity contribution in [1.29, 1.82) is 0 Å². The number of carbonyl (C=O) groups is 1. The molecule has 6 rings (SSSR count). The molecule has 1 fully saturated rings. The van der Waals surface area contributed by atoms with Crippen LogP contribution in [0.15, 0.2) is 103 Å².